The van der Waals surface area contributed by atoms with Crippen LogP contribution in [0.2, 0.25) is 0 Å². The molecule has 3 atom stereocenters. The van der Waals surface area contributed by atoms with Crippen molar-refractivity contribution in [2.24, 2.45) is 5.10 Å². The van der Waals surface area contributed by atoms with Gasteiger partial charge in [0.2, 0.25) is 0 Å². The van der Waals surface area contributed by atoms with E-state index in [0.717, 1.165) is 16.5 Å². The van der Waals surface area contributed by atoms with Gasteiger partial charge in [-0.2, -0.15) is 5.10 Å². The molecule has 1 fully saturated rings. The summed E-state index contributed by atoms with van der Waals surface area (Å²) in [5.41, 5.74) is 4.99. The first-order chi connectivity index (χ1) is 15.5. The number of nitrogens with zero attached hydrogens (tertiary/aromatic N) is 4. The predicted molar refractivity (Wildman–Crippen MR) is 127 cm³/mol. The molecule has 1 aromatic carbocycles. The van der Waals surface area contributed by atoms with Crippen LogP contribution in [0, 0.1) is 0 Å². The molecule has 1 aliphatic heterocycles. The number of fused-ring (bicyclic) bond motifs is 1. The molecule has 32 heavy (non-hydrogen) atoms. The highest BCUT2D eigenvalue weighted by Gasteiger charge is 2.26. The van der Waals surface area contributed by atoms with Crippen LogP contribution >= 0.6 is 0 Å². The maximum atomic E-state index is 12.2. The number of pyridine rings is 1. The normalized spacial score (nSPS) is 20.6. The fourth-order valence-corrected chi connectivity index (χ4v) is 4.62. The standard InChI is InChI=1S/C25H31N5O2/c1-18-6-5-7-19(2)30(18)17-22(31)16-29-15-21(23-8-3-4-9-24(23)29)14-27-28-25(32)20-10-12-26-13-11-20/h3-4,8-15,18-19,22,31H,5-7,16-17H2,1-2H3,(H,28,32)/b27-14-/t18-,19-,22-/m1/s1. The number of benzene rings is 1. The number of hydrogen-bond donors (Lipinski definition) is 2. The summed E-state index contributed by atoms with van der Waals surface area (Å²) in [5.74, 6) is -0.285. The second kappa shape index (κ2) is 10.1. The van der Waals surface area contributed by atoms with Gasteiger partial charge in [0.15, 0.2) is 0 Å². The number of aromatic nitrogens is 2. The number of aliphatic hydroxyl groups is 1. The lowest BCUT2D eigenvalue weighted by molar-refractivity contribution is 0.0352. The van der Waals surface area contributed by atoms with Gasteiger partial charge in [-0.1, -0.05) is 24.6 Å². The topological polar surface area (TPSA) is 82.8 Å². The molecule has 0 unspecified atom stereocenters. The Hall–Kier alpha value is -3.03. The van der Waals surface area contributed by atoms with E-state index in [0.29, 0.717) is 30.7 Å². The van der Waals surface area contributed by atoms with Crippen LogP contribution in [-0.2, 0) is 6.54 Å². The lowest BCUT2D eigenvalue weighted by atomic mass is 9.97. The van der Waals surface area contributed by atoms with E-state index in [-0.39, 0.29) is 5.91 Å². The average Bonchev–Trinajstić information content (AvgIpc) is 3.14. The SMILES string of the molecule is C[C@@H]1CCC[C@@H](C)N1C[C@H](O)Cn1cc(/C=N\NC(=O)c2ccncc2)c2ccccc21. The van der Waals surface area contributed by atoms with Gasteiger partial charge >= 0.3 is 0 Å². The van der Waals surface area contributed by atoms with E-state index in [2.05, 4.69) is 38.8 Å². The van der Waals surface area contributed by atoms with Crippen LogP contribution in [0.5, 0.6) is 0 Å². The molecule has 0 radical (unpaired) electrons. The summed E-state index contributed by atoms with van der Waals surface area (Å²) >= 11 is 0. The summed E-state index contributed by atoms with van der Waals surface area (Å²) in [6.07, 6.45) is 9.96. The van der Waals surface area contributed by atoms with Crippen molar-refractivity contribution >= 4 is 23.0 Å². The molecule has 7 heteroatoms. The highest BCUT2D eigenvalue weighted by molar-refractivity contribution is 6.00. The van der Waals surface area contributed by atoms with Crippen LogP contribution in [0.3, 0.4) is 0 Å². The first kappa shape index (κ1) is 22.2. The summed E-state index contributed by atoms with van der Waals surface area (Å²) in [7, 11) is 0. The molecule has 2 N–H and O–H groups in total. The van der Waals surface area contributed by atoms with Gasteiger partial charge in [0.1, 0.15) is 0 Å². The molecule has 0 aliphatic carbocycles. The Bertz CT molecular complexity index is 1070. The molecular formula is C25H31N5O2. The van der Waals surface area contributed by atoms with Gasteiger partial charge in [0.25, 0.3) is 5.91 Å². The molecule has 1 amide bonds. The largest absolute Gasteiger partial charge is 0.390 e. The number of carbonyl (C=O) groups is 1. The zero-order valence-electron chi connectivity index (χ0n) is 18.7. The predicted octanol–water partition coefficient (Wildman–Crippen LogP) is 3.42. The maximum absolute atomic E-state index is 12.2. The van der Waals surface area contributed by atoms with Crippen LogP contribution in [0.15, 0.2) is 60.1 Å². The van der Waals surface area contributed by atoms with Gasteiger partial charge in [-0.25, -0.2) is 5.43 Å². The van der Waals surface area contributed by atoms with E-state index in [9.17, 15) is 9.90 Å². The molecule has 0 saturated carbocycles. The Kier molecular flexibility index (Phi) is 6.97. The monoisotopic (exact) mass is 433 g/mol. The summed E-state index contributed by atoms with van der Waals surface area (Å²) in [4.78, 5) is 18.5. The lowest BCUT2D eigenvalue weighted by Crippen LogP contribution is -2.47. The number of hydrogen-bond acceptors (Lipinski definition) is 5. The van der Waals surface area contributed by atoms with Gasteiger partial charge in [0.05, 0.1) is 12.3 Å². The molecule has 0 spiro atoms. The zero-order chi connectivity index (χ0) is 22.5. The Morgan fingerprint density at radius 2 is 1.91 bits per heavy atom. The number of likely N-dealkylation sites (tertiary alicyclic amines) is 1. The van der Waals surface area contributed by atoms with Crippen LogP contribution in [0.25, 0.3) is 10.9 Å². The van der Waals surface area contributed by atoms with Crippen molar-refractivity contribution in [2.45, 2.75) is 57.8 Å². The van der Waals surface area contributed by atoms with Crippen molar-refractivity contribution < 1.29 is 9.90 Å². The third-order valence-corrected chi connectivity index (χ3v) is 6.34. The number of piperidine rings is 1. The average molecular weight is 434 g/mol. The summed E-state index contributed by atoms with van der Waals surface area (Å²) < 4.78 is 2.07. The lowest BCUT2D eigenvalue weighted by Gasteiger charge is -2.40. The number of para-hydroxylation sites is 1. The summed E-state index contributed by atoms with van der Waals surface area (Å²) in [6, 6.07) is 12.3. The van der Waals surface area contributed by atoms with Gasteiger partial charge in [-0.05, 0) is 44.9 Å². The molecule has 2 aromatic heterocycles. The first-order valence-electron chi connectivity index (χ1n) is 11.3. The van der Waals surface area contributed by atoms with Crippen molar-refractivity contribution in [1.82, 2.24) is 19.9 Å². The highest BCUT2D eigenvalue weighted by Crippen LogP contribution is 2.24. The number of nitrogens with one attached hydrogen (secondary N) is 1. The fraction of sp³-hybridized carbons (Fsp3) is 0.400. The first-order valence-corrected chi connectivity index (χ1v) is 11.3. The van der Waals surface area contributed by atoms with Crippen molar-refractivity contribution in [3.63, 3.8) is 0 Å². The number of rotatable bonds is 7. The van der Waals surface area contributed by atoms with Gasteiger partial charge in [0, 0.05) is 65.8 Å². The van der Waals surface area contributed by atoms with Crippen molar-refractivity contribution in [3.05, 3.63) is 66.1 Å². The highest BCUT2D eigenvalue weighted by atomic mass is 16.3. The number of aliphatic hydroxyl groups excluding tert-OH is 1. The second-order valence-electron chi connectivity index (χ2n) is 8.67. The summed E-state index contributed by atoms with van der Waals surface area (Å²) in [6.45, 7) is 5.68. The molecule has 1 aliphatic rings. The number of carbonyl (C=O) groups excluding carboxylic acids is 1. The Morgan fingerprint density at radius 3 is 2.66 bits per heavy atom. The van der Waals surface area contributed by atoms with Crippen molar-refractivity contribution in [1.29, 1.82) is 0 Å². The Balaban J connectivity index is 1.47. The smallest absolute Gasteiger partial charge is 0.271 e. The van der Waals surface area contributed by atoms with E-state index in [1.807, 2.05) is 30.5 Å². The summed E-state index contributed by atoms with van der Waals surface area (Å²) in [5, 5.41) is 16.0. The van der Waals surface area contributed by atoms with E-state index in [4.69, 9.17) is 0 Å². The minimum absolute atomic E-state index is 0.285. The Labute approximate surface area is 188 Å². The van der Waals surface area contributed by atoms with E-state index in [1.54, 1.807) is 30.7 Å². The zero-order valence-corrected chi connectivity index (χ0v) is 18.7. The maximum Gasteiger partial charge on any atom is 0.271 e. The molecule has 4 rings (SSSR count). The molecule has 0 bridgehead atoms. The van der Waals surface area contributed by atoms with Crippen molar-refractivity contribution in [3.8, 4) is 0 Å². The third kappa shape index (κ3) is 5.06. The fourth-order valence-electron chi connectivity index (χ4n) is 4.62. The molecule has 1 saturated heterocycles. The molecule has 7 nitrogen and oxygen atoms in total. The van der Waals surface area contributed by atoms with Crippen LogP contribution < -0.4 is 5.43 Å². The van der Waals surface area contributed by atoms with E-state index >= 15 is 0 Å². The molecule has 3 aromatic rings. The number of β-amino-alcohol motifs (C(OH)–C–C–N with tert-alkyl or cyclic N) is 1. The second-order valence-corrected chi connectivity index (χ2v) is 8.67. The van der Waals surface area contributed by atoms with Crippen LogP contribution in [0.4, 0.5) is 0 Å². The van der Waals surface area contributed by atoms with Gasteiger partial charge < -0.3 is 9.67 Å². The molecular weight excluding hydrogens is 402 g/mol. The Morgan fingerprint density at radius 1 is 1.19 bits per heavy atom. The van der Waals surface area contributed by atoms with Crippen LogP contribution in [0.1, 0.15) is 49.0 Å². The molecule has 168 valence electrons. The number of amides is 1. The van der Waals surface area contributed by atoms with Gasteiger partial charge in [-0.15, -0.1) is 0 Å². The number of hydrazone groups is 1. The third-order valence-electron chi connectivity index (χ3n) is 6.34. The molecule has 3 heterocycles. The van der Waals surface area contributed by atoms with Crippen molar-refractivity contribution in [2.75, 3.05) is 6.54 Å². The quantitative estimate of drug-likeness (QED) is 0.442. The van der Waals surface area contributed by atoms with E-state index in [1.165, 1.54) is 19.3 Å². The van der Waals surface area contributed by atoms with E-state index < -0.39 is 6.10 Å². The van der Waals surface area contributed by atoms with Gasteiger partial charge in [-0.3, -0.25) is 14.7 Å². The minimum atomic E-state index is -0.468. The minimum Gasteiger partial charge on any atom is -0.390 e. The van der Waals surface area contributed by atoms with Crippen LogP contribution in [-0.4, -0.2) is 56.4 Å².